The average molecular weight is 351 g/mol. The number of halogens is 1. The minimum absolute atomic E-state index is 0.00936. The smallest absolute Gasteiger partial charge is 0.328 e. The minimum Gasteiger partial charge on any atom is -0.467 e. The molecule has 1 aromatic rings. The summed E-state index contributed by atoms with van der Waals surface area (Å²) in [7, 11) is 1.32. The summed E-state index contributed by atoms with van der Waals surface area (Å²) in [6.07, 6.45) is 2.63. The molecule has 2 saturated heterocycles. The Bertz CT molecular complexity index is 691. The van der Waals surface area contributed by atoms with Crippen LogP contribution in [-0.4, -0.2) is 48.9 Å². The molecule has 128 valence electrons. The van der Waals surface area contributed by atoms with Crippen LogP contribution < -0.4 is 4.90 Å². The molecule has 1 atom stereocenters. The molecule has 7 heteroatoms. The van der Waals surface area contributed by atoms with Gasteiger partial charge in [0.15, 0.2) is 0 Å². The molecule has 0 unspecified atom stereocenters. The van der Waals surface area contributed by atoms with Crippen molar-refractivity contribution in [1.82, 2.24) is 4.90 Å². The molecule has 2 aliphatic rings. The number of anilines is 1. The lowest BCUT2D eigenvalue weighted by atomic mass is 10.1. The van der Waals surface area contributed by atoms with E-state index in [0.29, 0.717) is 42.2 Å². The van der Waals surface area contributed by atoms with Gasteiger partial charge in [0.25, 0.3) is 5.91 Å². The van der Waals surface area contributed by atoms with Gasteiger partial charge in [0, 0.05) is 25.1 Å². The molecule has 2 amide bonds. The number of hydrogen-bond acceptors (Lipinski definition) is 4. The van der Waals surface area contributed by atoms with E-state index in [1.165, 1.54) is 12.0 Å². The largest absolute Gasteiger partial charge is 0.467 e. The summed E-state index contributed by atoms with van der Waals surface area (Å²) in [5.41, 5.74) is 0.976. The molecule has 0 saturated carbocycles. The number of carbonyl (C=O) groups excluding carboxylic acids is 3. The number of carbonyl (C=O) groups is 3. The van der Waals surface area contributed by atoms with Crippen LogP contribution >= 0.6 is 11.6 Å². The van der Waals surface area contributed by atoms with Crippen LogP contribution in [0.25, 0.3) is 0 Å². The number of nitrogens with zero attached hydrogens (tertiary/aromatic N) is 2. The highest BCUT2D eigenvalue weighted by Gasteiger charge is 2.35. The van der Waals surface area contributed by atoms with Crippen molar-refractivity contribution in [3.8, 4) is 0 Å². The predicted molar refractivity (Wildman–Crippen MR) is 89.1 cm³/mol. The van der Waals surface area contributed by atoms with E-state index >= 15 is 0 Å². The van der Waals surface area contributed by atoms with E-state index in [0.717, 1.165) is 12.8 Å². The van der Waals surface area contributed by atoms with Gasteiger partial charge in [0.2, 0.25) is 5.91 Å². The van der Waals surface area contributed by atoms with Crippen LogP contribution in [0.15, 0.2) is 18.2 Å². The number of hydrogen-bond donors (Lipinski definition) is 0. The van der Waals surface area contributed by atoms with E-state index in [-0.39, 0.29) is 11.8 Å². The van der Waals surface area contributed by atoms with Crippen molar-refractivity contribution < 1.29 is 19.1 Å². The Kier molecular flexibility index (Phi) is 4.76. The van der Waals surface area contributed by atoms with Gasteiger partial charge in [0.1, 0.15) is 6.04 Å². The van der Waals surface area contributed by atoms with E-state index in [1.54, 1.807) is 23.1 Å². The van der Waals surface area contributed by atoms with Crippen molar-refractivity contribution in [3.05, 3.63) is 28.8 Å². The maximum Gasteiger partial charge on any atom is 0.328 e. The Morgan fingerprint density at radius 3 is 2.71 bits per heavy atom. The first-order valence-corrected chi connectivity index (χ1v) is 8.39. The highest BCUT2D eigenvalue weighted by molar-refractivity contribution is 6.34. The minimum atomic E-state index is -0.546. The Labute approximate surface area is 145 Å². The Balaban J connectivity index is 1.88. The first-order valence-electron chi connectivity index (χ1n) is 8.01. The number of amides is 2. The molecule has 0 aromatic heterocycles. The maximum absolute atomic E-state index is 12.8. The highest BCUT2D eigenvalue weighted by atomic mass is 35.5. The summed E-state index contributed by atoms with van der Waals surface area (Å²) in [5, 5.41) is 0.438. The predicted octanol–water partition coefficient (Wildman–Crippen LogP) is 2.24. The summed E-state index contributed by atoms with van der Waals surface area (Å²) in [4.78, 5) is 39.8. The Morgan fingerprint density at radius 1 is 1.25 bits per heavy atom. The van der Waals surface area contributed by atoms with Crippen molar-refractivity contribution >= 4 is 35.1 Å². The standard InChI is InChI=1S/C17H19ClN2O4/c1-24-17(23)13-4-2-9-20(13)16(22)11-6-7-12(18)14(10-11)19-8-3-5-15(19)21/h6-7,10,13H,2-5,8-9H2,1H3/t13-/m1/s1. The van der Waals surface area contributed by atoms with Gasteiger partial charge in [-0.05, 0) is 37.5 Å². The zero-order chi connectivity index (χ0) is 17.3. The summed E-state index contributed by atoms with van der Waals surface area (Å²) in [6.45, 7) is 1.11. The van der Waals surface area contributed by atoms with Gasteiger partial charge in [-0.25, -0.2) is 4.79 Å². The summed E-state index contributed by atoms with van der Waals surface area (Å²) >= 11 is 6.21. The van der Waals surface area contributed by atoms with Crippen LogP contribution in [0.4, 0.5) is 5.69 Å². The van der Waals surface area contributed by atoms with Crippen LogP contribution in [0.2, 0.25) is 5.02 Å². The van der Waals surface area contributed by atoms with Crippen LogP contribution in [0, 0.1) is 0 Å². The van der Waals surface area contributed by atoms with Gasteiger partial charge in [-0.2, -0.15) is 0 Å². The molecule has 0 radical (unpaired) electrons. The fourth-order valence-corrected chi connectivity index (χ4v) is 3.53. The molecule has 24 heavy (non-hydrogen) atoms. The number of rotatable bonds is 3. The molecule has 0 bridgehead atoms. The molecule has 2 aliphatic heterocycles. The van der Waals surface area contributed by atoms with Gasteiger partial charge >= 0.3 is 5.97 Å². The van der Waals surface area contributed by atoms with Crippen molar-refractivity contribution in [2.24, 2.45) is 0 Å². The van der Waals surface area contributed by atoms with Gasteiger partial charge in [0.05, 0.1) is 17.8 Å². The molecule has 2 fully saturated rings. The van der Waals surface area contributed by atoms with E-state index in [4.69, 9.17) is 16.3 Å². The number of benzene rings is 1. The topological polar surface area (TPSA) is 66.9 Å². The zero-order valence-corrected chi connectivity index (χ0v) is 14.2. The lowest BCUT2D eigenvalue weighted by molar-refractivity contribution is -0.145. The van der Waals surface area contributed by atoms with Crippen LogP contribution in [-0.2, 0) is 14.3 Å². The molecule has 2 heterocycles. The van der Waals surface area contributed by atoms with Crippen molar-refractivity contribution in [2.45, 2.75) is 31.7 Å². The van der Waals surface area contributed by atoms with Crippen molar-refractivity contribution in [2.75, 3.05) is 25.1 Å². The number of ether oxygens (including phenoxy) is 1. The molecular formula is C17H19ClN2O4. The number of methoxy groups -OCH3 is 1. The van der Waals surface area contributed by atoms with Gasteiger partial charge in [-0.15, -0.1) is 0 Å². The monoisotopic (exact) mass is 350 g/mol. The van der Waals surface area contributed by atoms with Gasteiger partial charge < -0.3 is 14.5 Å². The molecule has 0 N–H and O–H groups in total. The highest BCUT2D eigenvalue weighted by Crippen LogP contribution is 2.31. The summed E-state index contributed by atoms with van der Waals surface area (Å²) < 4.78 is 4.78. The van der Waals surface area contributed by atoms with Crippen molar-refractivity contribution in [1.29, 1.82) is 0 Å². The quantitative estimate of drug-likeness (QED) is 0.784. The Hall–Kier alpha value is -2.08. The third-order valence-electron chi connectivity index (χ3n) is 4.54. The lowest BCUT2D eigenvalue weighted by Gasteiger charge is -2.24. The Morgan fingerprint density at radius 2 is 2.04 bits per heavy atom. The zero-order valence-electron chi connectivity index (χ0n) is 13.5. The SMILES string of the molecule is COC(=O)[C@H]1CCCN1C(=O)c1ccc(Cl)c(N2CCCC2=O)c1. The molecule has 6 nitrogen and oxygen atoms in total. The second-order valence-electron chi connectivity index (χ2n) is 5.99. The van der Waals surface area contributed by atoms with Gasteiger partial charge in [-0.3, -0.25) is 9.59 Å². The fourth-order valence-electron chi connectivity index (χ4n) is 3.31. The third-order valence-corrected chi connectivity index (χ3v) is 4.86. The average Bonchev–Trinajstić information content (AvgIpc) is 3.23. The summed E-state index contributed by atoms with van der Waals surface area (Å²) in [6, 6.07) is 4.34. The lowest BCUT2D eigenvalue weighted by Crippen LogP contribution is -2.41. The second-order valence-corrected chi connectivity index (χ2v) is 6.40. The fraction of sp³-hybridized carbons (Fsp3) is 0.471. The van der Waals surface area contributed by atoms with Crippen LogP contribution in [0.1, 0.15) is 36.0 Å². The molecule has 1 aromatic carbocycles. The molecule has 3 rings (SSSR count). The molecule has 0 aliphatic carbocycles. The number of likely N-dealkylation sites (tertiary alicyclic amines) is 1. The summed E-state index contributed by atoms with van der Waals surface area (Å²) in [5.74, 6) is -0.632. The van der Waals surface area contributed by atoms with Crippen LogP contribution in [0.3, 0.4) is 0 Å². The van der Waals surface area contributed by atoms with E-state index in [9.17, 15) is 14.4 Å². The first kappa shape index (κ1) is 16.8. The number of esters is 1. The first-order chi connectivity index (χ1) is 11.5. The van der Waals surface area contributed by atoms with Crippen molar-refractivity contribution in [3.63, 3.8) is 0 Å². The molecular weight excluding hydrogens is 332 g/mol. The second kappa shape index (κ2) is 6.81. The van der Waals surface area contributed by atoms with E-state index < -0.39 is 12.0 Å². The molecule has 0 spiro atoms. The van der Waals surface area contributed by atoms with E-state index in [2.05, 4.69) is 0 Å². The van der Waals surface area contributed by atoms with Crippen LogP contribution in [0.5, 0.6) is 0 Å². The maximum atomic E-state index is 12.8. The van der Waals surface area contributed by atoms with E-state index in [1.807, 2.05) is 0 Å². The normalized spacial score (nSPS) is 20.6. The third kappa shape index (κ3) is 2.98. The van der Waals surface area contributed by atoms with Gasteiger partial charge in [-0.1, -0.05) is 11.6 Å².